The van der Waals surface area contributed by atoms with Crippen LogP contribution in [0, 0.1) is 0 Å². The molecule has 1 rings (SSSR count). The largest absolute Gasteiger partial charge is 0.314 e. The molecular weight excluding hydrogens is 273 g/mol. The fourth-order valence-electron chi connectivity index (χ4n) is 1.22. The van der Waals surface area contributed by atoms with E-state index in [2.05, 4.69) is 41.2 Å². The molecule has 1 aromatic carbocycles. The third kappa shape index (κ3) is 3.63. The Hall–Kier alpha value is -0.310. The zero-order valence-electron chi connectivity index (χ0n) is 9.14. The minimum Gasteiger partial charge on any atom is -0.314 e. The molecule has 0 aromatic heterocycles. The van der Waals surface area contributed by atoms with Gasteiger partial charge >= 0.3 is 0 Å². The average Bonchev–Trinajstić information content (AvgIpc) is 2.22. The molecule has 0 radical (unpaired) electrons. The zero-order chi connectivity index (χ0) is 11.4. The van der Waals surface area contributed by atoms with Gasteiger partial charge in [0.05, 0.1) is 5.02 Å². The number of rotatable bonds is 3. The maximum Gasteiger partial charge on any atom is 0.0548 e. The Morgan fingerprint density at radius 3 is 2.73 bits per heavy atom. The second-order valence-electron chi connectivity index (χ2n) is 3.57. The van der Waals surface area contributed by atoms with E-state index in [9.17, 15) is 0 Å². The first-order valence-corrected chi connectivity index (χ1v) is 6.02. The molecule has 1 unspecified atom stereocenters. The molecule has 0 aliphatic heterocycles. The standard InChI is InChI=1S/C12H15BrClN/c1-8(9(2)15-3)6-10-4-5-12(14)11(13)7-10/h4-7,9,15H,1-3H3/b8-6+. The van der Waals surface area contributed by atoms with E-state index in [1.165, 1.54) is 5.57 Å². The second-order valence-corrected chi connectivity index (χ2v) is 4.83. The normalized spacial score (nSPS) is 14.1. The van der Waals surface area contributed by atoms with Gasteiger partial charge in [0, 0.05) is 10.5 Å². The Labute approximate surface area is 105 Å². The molecule has 1 N–H and O–H groups in total. The Morgan fingerprint density at radius 1 is 1.53 bits per heavy atom. The lowest BCUT2D eigenvalue weighted by Gasteiger charge is -2.10. The van der Waals surface area contributed by atoms with Crippen molar-refractivity contribution in [3.8, 4) is 0 Å². The number of nitrogens with one attached hydrogen (secondary N) is 1. The van der Waals surface area contributed by atoms with Crippen LogP contribution < -0.4 is 5.32 Å². The maximum absolute atomic E-state index is 5.93. The molecule has 1 nitrogen and oxygen atoms in total. The molecule has 0 heterocycles. The molecule has 0 amide bonds. The predicted octanol–water partition coefficient (Wildman–Crippen LogP) is 4.11. The van der Waals surface area contributed by atoms with Gasteiger partial charge in [0.15, 0.2) is 0 Å². The van der Waals surface area contributed by atoms with E-state index in [-0.39, 0.29) is 0 Å². The molecule has 15 heavy (non-hydrogen) atoms. The van der Waals surface area contributed by atoms with Crippen LogP contribution in [0.5, 0.6) is 0 Å². The van der Waals surface area contributed by atoms with E-state index in [0.717, 1.165) is 15.1 Å². The highest BCUT2D eigenvalue weighted by Gasteiger charge is 2.01. The highest BCUT2D eigenvalue weighted by Crippen LogP contribution is 2.24. The van der Waals surface area contributed by atoms with Crippen molar-refractivity contribution >= 4 is 33.6 Å². The van der Waals surface area contributed by atoms with Crippen molar-refractivity contribution < 1.29 is 0 Å². The van der Waals surface area contributed by atoms with Crippen LogP contribution in [0.1, 0.15) is 19.4 Å². The molecule has 3 heteroatoms. The van der Waals surface area contributed by atoms with Crippen molar-refractivity contribution in [1.29, 1.82) is 0 Å². The molecule has 0 spiro atoms. The molecule has 82 valence electrons. The maximum atomic E-state index is 5.93. The number of likely N-dealkylation sites (N-methyl/N-ethyl adjacent to an activating group) is 1. The highest BCUT2D eigenvalue weighted by molar-refractivity contribution is 9.10. The molecule has 0 aliphatic rings. The highest BCUT2D eigenvalue weighted by atomic mass is 79.9. The molecule has 0 saturated heterocycles. The smallest absolute Gasteiger partial charge is 0.0548 e. The number of benzene rings is 1. The molecule has 0 bridgehead atoms. The van der Waals surface area contributed by atoms with Crippen LogP contribution in [-0.2, 0) is 0 Å². The third-order valence-corrected chi connectivity index (χ3v) is 3.67. The monoisotopic (exact) mass is 287 g/mol. The Bertz CT molecular complexity index is 374. The minimum atomic E-state index is 0.388. The fraction of sp³-hybridized carbons (Fsp3) is 0.333. The summed E-state index contributed by atoms with van der Waals surface area (Å²) in [5, 5.41) is 3.95. The molecule has 0 saturated carbocycles. The van der Waals surface area contributed by atoms with Gasteiger partial charge in [-0.2, -0.15) is 0 Å². The number of halogens is 2. The van der Waals surface area contributed by atoms with Crippen LogP contribution in [0.2, 0.25) is 5.02 Å². The summed E-state index contributed by atoms with van der Waals surface area (Å²) in [4.78, 5) is 0. The van der Waals surface area contributed by atoms with Gasteiger partial charge in [-0.15, -0.1) is 0 Å². The number of hydrogen-bond acceptors (Lipinski definition) is 1. The van der Waals surface area contributed by atoms with Gasteiger partial charge in [-0.25, -0.2) is 0 Å². The first-order valence-electron chi connectivity index (χ1n) is 4.85. The van der Waals surface area contributed by atoms with Gasteiger partial charge < -0.3 is 5.32 Å². The third-order valence-electron chi connectivity index (χ3n) is 2.45. The fourth-order valence-corrected chi connectivity index (χ4v) is 1.73. The van der Waals surface area contributed by atoms with Crippen LogP contribution in [-0.4, -0.2) is 13.1 Å². The Morgan fingerprint density at radius 2 is 2.20 bits per heavy atom. The first kappa shape index (κ1) is 12.8. The van der Waals surface area contributed by atoms with Crippen LogP contribution in [0.3, 0.4) is 0 Å². The Kier molecular flexibility index (Phi) is 4.84. The summed E-state index contributed by atoms with van der Waals surface area (Å²) >= 11 is 9.34. The van der Waals surface area contributed by atoms with Crippen molar-refractivity contribution in [1.82, 2.24) is 5.32 Å². The second kappa shape index (κ2) is 5.69. The van der Waals surface area contributed by atoms with Gasteiger partial charge in [-0.05, 0) is 54.5 Å². The van der Waals surface area contributed by atoms with Crippen LogP contribution in [0.25, 0.3) is 6.08 Å². The lowest BCUT2D eigenvalue weighted by molar-refractivity contribution is 0.696. The predicted molar refractivity (Wildman–Crippen MR) is 71.3 cm³/mol. The molecular formula is C12H15BrClN. The van der Waals surface area contributed by atoms with Crippen molar-refractivity contribution in [3.05, 3.63) is 38.8 Å². The summed E-state index contributed by atoms with van der Waals surface area (Å²) in [5.41, 5.74) is 2.46. The lowest BCUT2D eigenvalue weighted by atomic mass is 10.1. The van der Waals surface area contributed by atoms with Crippen LogP contribution in [0.15, 0.2) is 28.2 Å². The molecule has 1 aromatic rings. The topological polar surface area (TPSA) is 12.0 Å². The quantitative estimate of drug-likeness (QED) is 0.882. The zero-order valence-corrected chi connectivity index (χ0v) is 11.5. The summed E-state index contributed by atoms with van der Waals surface area (Å²) in [6.07, 6.45) is 2.16. The van der Waals surface area contributed by atoms with Crippen molar-refractivity contribution in [2.75, 3.05) is 7.05 Å². The van der Waals surface area contributed by atoms with Crippen LogP contribution >= 0.6 is 27.5 Å². The van der Waals surface area contributed by atoms with E-state index in [4.69, 9.17) is 11.6 Å². The van der Waals surface area contributed by atoms with E-state index < -0.39 is 0 Å². The number of hydrogen-bond donors (Lipinski definition) is 1. The Balaban J connectivity index is 2.93. The van der Waals surface area contributed by atoms with Gasteiger partial charge in [0.1, 0.15) is 0 Å². The van der Waals surface area contributed by atoms with Crippen LogP contribution in [0.4, 0.5) is 0 Å². The molecule has 0 aliphatic carbocycles. The van der Waals surface area contributed by atoms with Gasteiger partial charge in [0.2, 0.25) is 0 Å². The van der Waals surface area contributed by atoms with E-state index >= 15 is 0 Å². The lowest BCUT2D eigenvalue weighted by Crippen LogP contribution is -2.21. The van der Waals surface area contributed by atoms with Crippen molar-refractivity contribution in [2.45, 2.75) is 19.9 Å². The van der Waals surface area contributed by atoms with Gasteiger partial charge in [-0.3, -0.25) is 0 Å². The first-order chi connectivity index (χ1) is 7.04. The summed E-state index contributed by atoms with van der Waals surface area (Å²) in [6, 6.07) is 6.32. The van der Waals surface area contributed by atoms with Crippen molar-refractivity contribution in [3.63, 3.8) is 0 Å². The summed E-state index contributed by atoms with van der Waals surface area (Å²) in [6.45, 7) is 4.25. The summed E-state index contributed by atoms with van der Waals surface area (Å²) in [5.74, 6) is 0. The summed E-state index contributed by atoms with van der Waals surface area (Å²) < 4.78 is 0.933. The molecule has 1 atom stereocenters. The van der Waals surface area contributed by atoms with E-state index in [1.807, 2.05) is 25.2 Å². The minimum absolute atomic E-state index is 0.388. The van der Waals surface area contributed by atoms with E-state index in [1.54, 1.807) is 0 Å². The van der Waals surface area contributed by atoms with E-state index in [0.29, 0.717) is 6.04 Å². The van der Waals surface area contributed by atoms with Crippen molar-refractivity contribution in [2.24, 2.45) is 0 Å². The summed E-state index contributed by atoms with van der Waals surface area (Å²) in [7, 11) is 1.96. The average molecular weight is 289 g/mol. The van der Waals surface area contributed by atoms with Gasteiger partial charge in [0.25, 0.3) is 0 Å². The molecule has 0 fully saturated rings. The SMILES string of the molecule is CNC(C)/C(C)=C/c1ccc(Cl)c(Br)c1. The van der Waals surface area contributed by atoms with Gasteiger partial charge in [-0.1, -0.05) is 29.3 Å².